The Labute approximate surface area is 86.1 Å². The first-order valence-corrected chi connectivity index (χ1v) is 11.9. The molecule has 0 aliphatic carbocycles. The maximum Gasteiger partial charge on any atom is 0.173 e. The molecule has 0 saturated carbocycles. The van der Waals surface area contributed by atoms with Gasteiger partial charge >= 0.3 is 0 Å². The molecule has 0 bridgehead atoms. The Kier molecular flexibility index (Phi) is 4.90. The third-order valence-electron chi connectivity index (χ3n) is 2.12. The fourth-order valence-corrected chi connectivity index (χ4v) is 10.8. The van der Waals surface area contributed by atoms with Gasteiger partial charge in [-0.15, -0.1) is 0 Å². The van der Waals surface area contributed by atoms with E-state index in [0.29, 0.717) is 0 Å². The topological polar surface area (TPSA) is 9.23 Å². The predicted molar refractivity (Wildman–Crippen MR) is 66.2 cm³/mol. The van der Waals surface area contributed by atoms with E-state index in [1.807, 2.05) is 0 Å². The monoisotopic (exact) mass is 218 g/mol. The van der Waals surface area contributed by atoms with E-state index in [1.54, 1.807) is 0 Å². The third kappa shape index (κ3) is 7.46. The molecule has 0 saturated heterocycles. The zero-order valence-electron chi connectivity index (χ0n) is 10.4. The Morgan fingerprint density at radius 1 is 1.08 bits per heavy atom. The van der Waals surface area contributed by atoms with Crippen LogP contribution in [-0.4, -0.2) is 16.6 Å². The lowest BCUT2D eigenvalue weighted by molar-refractivity contribution is 0.511. The van der Waals surface area contributed by atoms with Crippen molar-refractivity contribution in [2.75, 3.05) is 0 Å². The lowest BCUT2D eigenvalue weighted by atomic mass is 10.2. The molecule has 0 N–H and O–H groups in total. The van der Waals surface area contributed by atoms with Crippen molar-refractivity contribution in [2.24, 2.45) is 5.92 Å². The Morgan fingerprint density at radius 3 is 1.85 bits per heavy atom. The molecule has 1 nitrogen and oxygen atoms in total. The minimum Gasteiger partial charge on any atom is -0.456 e. The van der Waals surface area contributed by atoms with E-state index in [1.165, 1.54) is 12.5 Å². The standard InChI is InChI=1S/C10H26OSi2/c1-8-10(2)9-13(6,7)11-12(3,4)5/h10H,8-9H2,1-7H3. The van der Waals surface area contributed by atoms with Crippen LogP contribution in [0.2, 0.25) is 38.8 Å². The summed E-state index contributed by atoms with van der Waals surface area (Å²) in [5, 5.41) is 0. The molecular weight excluding hydrogens is 192 g/mol. The van der Waals surface area contributed by atoms with Gasteiger partial charge in [-0.05, 0) is 44.7 Å². The van der Waals surface area contributed by atoms with E-state index in [9.17, 15) is 0 Å². The summed E-state index contributed by atoms with van der Waals surface area (Å²) in [6, 6.07) is 1.31. The van der Waals surface area contributed by atoms with Crippen LogP contribution in [0.5, 0.6) is 0 Å². The van der Waals surface area contributed by atoms with Crippen molar-refractivity contribution in [3.8, 4) is 0 Å². The van der Waals surface area contributed by atoms with Crippen molar-refractivity contribution in [1.29, 1.82) is 0 Å². The summed E-state index contributed by atoms with van der Waals surface area (Å²) in [4.78, 5) is 0. The van der Waals surface area contributed by atoms with Gasteiger partial charge in [-0.2, -0.15) is 0 Å². The summed E-state index contributed by atoms with van der Waals surface area (Å²) in [5.74, 6) is 0.831. The van der Waals surface area contributed by atoms with Crippen LogP contribution in [0.25, 0.3) is 0 Å². The van der Waals surface area contributed by atoms with Gasteiger partial charge in [-0.25, -0.2) is 0 Å². The van der Waals surface area contributed by atoms with E-state index in [2.05, 4.69) is 46.6 Å². The van der Waals surface area contributed by atoms with E-state index >= 15 is 0 Å². The van der Waals surface area contributed by atoms with Gasteiger partial charge in [0.2, 0.25) is 0 Å². The maximum atomic E-state index is 6.28. The Hall–Kier alpha value is 0.394. The molecule has 80 valence electrons. The second-order valence-corrected chi connectivity index (χ2v) is 14.7. The van der Waals surface area contributed by atoms with Crippen molar-refractivity contribution in [1.82, 2.24) is 0 Å². The minimum absolute atomic E-state index is 0.831. The van der Waals surface area contributed by atoms with E-state index < -0.39 is 16.6 Å². The molecule has 3 heteroatoms. The van der Waals surface area contributed by atoms with Crippen LogP contribution in [0.1, 0.15) is 20.3 Å². The van der Waals surface area contributed by atoms with Crippen LogP contribution in [-0.2, 0) is 4.12 Å². The SMILES string of the molecule is CCC(C)C[Si](C)(C)O[Si](C)(C)C. The first-order valence-electron chi connectivity index (χ1n) is 5.36. The first-order chi connectivity index (χ1) is 5.66. The lowest BCUT2D eigenvalue weighted by Crippen LogP contribution is -2.43. The van der Waals surface area contributed by atoms with E-state index in [4.69, 9.17) is 4.12 Å². The van der Waals surface area contributed by atoms with Crippen LogP contribution in [0.15, 0.2) is 0 Å². The van der Waals surface area contributed by atoms with E-state index in [-0.39, 0.29) is 0 Å². The Morgan fingerprint density at radius 2 is 1.54 bits per heavy atom. The Balaban J connectivity index is 4.08. The van der Waals surface area contributed by atoms with Crippen molar-refractivity contribution < 1.29 is 4.12 Å². The largest absolute Gasteiger partial charge is 0.456 e. The van der Waals surface area contributed by atoms with Crippen LogP contribution in [0.3, 0.4) is 0 Å². The second-order valence-electron chi connectivity index (χ2n) is 5.69. The number of hydrogen-bond acceptors (Lipinski definition) is 1. The molecule has 0 aromatic rings. The van der Waals surface area contributed by atoms with Crippen molar-refractivity contribution in [3.63, 3.8) is 0 Å². The maximum absolute atomic E-state index is 6.28. The summed E-state index contributed by atoms with van der Waals surface area (Å²) >= 11 is 0. The highest BCUT2D eigenvalue weighted by Gasteiger charge is 2.30. The first kappa shape index (κ1) is 13.4. The van der Waals surface area contributed by atoms with Gasteiger partial charge < -0.3 is 4.12 Å². The zero-order chi connectivity index (χ0) is 10.7. The summed E-state index contributed by atoms with van der Waals surface area (Å²) in [6.07, 6.45) is 1.28. The molecule has 0 aliphatic heterocycles. The highest BCUT2D eigenvalue weighted by atomic mass is 28.4. The summed E-state index contributed by atoms with van der Waals surface area (Å²) in [5.41, 5.74) is 0. The Bertz CT molecular complexity index is 149. The molecule has 0 radical (unpaired) electrons. The van der Waals surface area contributed by atoms with Gasteiger partial charge in [0.05, 0.1) is 0 Å². The van der Waals surface area contributed by atoms with Gasteiger partial charge in [-0.3, -0.25) is 0 Å². The zero-order valence-corrected chi connectivity index (χ0v) is 12.4. The molecule has 0 aromatic heterocycles. The highest BCUT2D eigenvalue weighted by molar-refractivity contribution is 6.84. The molecule has 0 aliphatic rings. The van der Waals surface area contributed by atoms with Crippen LogP contribution in [0, 0.1) is 5.92 Å². The average molecular weight is 218 g/mol. The van der Waals surface area contributed by atoms with Gasteiger partial charge in [-0.1, -0.05) is 20.3 Å². The summed E-state index contributed by atoms with van der Waals surface area (Å²) in [6.45, 7) is 16.2. The number of rotatable bonds is 5. The quantitative estimate of drug-likeness (QED) is 0.632. The summed E-state index contributed by atoms with van der Waals surface area (Å²) < 4.78 is 6.28. The molecule has 1 atom stereocenters. The molecule has 0 rings (SSSR count). The molecule has 0 aromatic carbocycles. The van der Waals surface area contributed by atoms with Crippen LogP contribution < -0.4 is 0 Å². The fourth-order valence-electron chi connectivity index (χ4n) is 1.85. The van der Waals surface area contributed by atoms with Crippen LogP contribution in [0.4, 0.5) is 0 Å². The fraction of sp³-hybridized carbons (Fsp3) is 1.00. The third-order valence-corrected chi connectivity index (χ3v) is 8.46. The molecular formula is C10H26OSi2. The normalized spacial score (nSPS) is 15.9. The van der Waals surface area contributed by atoms with Gasteiger partial charge in [0.15, 0.2) is 16.6 Å². The molecule has 1 unspecified atom stereocenters. The van der Waals surface area contributed by atoms with Gasteiger partial charge in [0.1, 0.15) is 0 Å². The van der Waals surface area contributed by atoms with Gasteiger partial charge in [0.25, 0.3) is 0 Å². The van der Waals surface area contributed by atoms with Crippen molar-refractivity contribution in [3.05, 3.63) is 0 Å². The minimum atomic E-state index is -1.36. The van der Waals surface area contributed by atoms with Crippen molar-refractivity contribution >= 4 is 16.6 Å². The second kappa shape index (κ2) is 4.76. The van der Waals surface area contributed by atoms with Crippen LogP contribution >= 0.6 is 0 Å². The number of hydrogen-bond donors (Lipinski definition) is 0. The van der Waals surface area contributed by atoms with E-state index in [0.717, 1.165) is 5.92 Å². The lowest BCUT2D eigenvalue weighted by Gasteiger charge is -2.33. The van der Waals surface area contributed by atoms with Crippen molar-refractivity contribution in [2.45, 2.75) is 59.0 Å². The molecule has 0 spiro atoms. The molecule has 0 amide bonds. The summed E-state index contributed by atoms with van der Waals surface area (Å²) in [7, 11) is -2.67. The predicted octanol–water partition coefficient (Wildman–Crippen LogP) is 4.09. The average Bonchev–Trinajstić information content (AvgIpc) is 1.80. The molecule has 0 heterocycles. The van der Waals surface area contributed by atoms with Gasteiger partial charge in [0, 0.05) is 0 Å². The smallest absolute Gasteiger partial charge is 0.173 e. The molecule has 0 fully saturated rings. The highest BCUT2D eigenvalue weighted by Crippen LogP contribution is 2.23. The molecule has 13 heavy (non-hydrogen) atoms.